The van der Waals surface area contributed by atoms with E-state index in [1.165, 1.54) is 13.2 Å². The smallest absolute Gasteiger partial charge is 0.411 e. The molecule has 20 heavy (non-hydrogen) atoms. The summed E-state index contributed by atoms with van der Waals surface area (Å²) in [5.41, 5.74) is 0.523. The number of hydrogen-bond donors (Lipinski definition) is 1. The van der Waals surface area contributed by atoms with Crippen LogP contribution in [0.3, 0.4) is 0 Å². The molecule has 104 valence electrons. The molecule has 6 heteroatoms. The molecule has 0 aliphatic heterocycles. The van der Waals surface area contributed by atoms with Crippen LogP contribution in [0.4, 0.5) is 19.3 Å². The largest absolute Gasteiger partial charge is 0.457 e. The zero-order chi connectivity index (χ0) is 14.5. The fourth-order valence-electron chi connectivity index (χ4n) is 1.45. The van der Waals surface area contributed by atoms with E-state index in [1.807, 2.05) is 0 Å². The van der Waals surface area contributed by atoms with Gasteiger partial charge in [-0.15, -0.1) is 0 Å². The highest BCUT2D eigenvalue weighted by molar-refractivity contribution is 5.84. The second-order valence-electron chi connectivity index (χ2n) is 3.82. The molecule has 0 bridgehead atoms. The third-order valence-corrected chi connectivity index (χ3v) is 2.41. The lowest BCUT2D eigenvalue weighted by Gasteiger charge is -2.07. The van der Waals surface area contributed by atoms with Crippen molar-refractivity contribution in [3.63, 3.8) is 0 Å². The summed E-state index contributed by atoms with van der Waals surface area (Å²) < 4.78 is 35.6. The number of nitrogens with one attached hydrogen (secondary N) is 1. The van der Waals surface area contributed by atoms with Crippen LogP contribution in [0, 0.1) is 11.6 Å². The molecule has 0 aromatic heterocycles. The molecule has 0 aliphatic rings. The van der Waals surface area contributed by atoms with Crippen molar-refractivity contribution in [2.75, 3.05) is 12.4 Å². The van der Waals surface area contributed by atoms with Crippen LogP contribution in [-0.4, -0.2) is 13.2 Å². The van der Waals surface area contributed by atoms with Crippen LogP contribution in [0.1, 0.15) is 0 Å². The van der Waals surface area contributed by atoms with E-state index < -0.39 is 17.7 Å². The van der Waals surface area contributed by atoms with Gasteiger partial charge in [-0.2, -0.15) is 0 Å². The number of carbonyl (C=O) groups excluding carboxylic acids is 1. The summed E-state index contributed by atoms with van der Waals surface area (Å²) in [4.78, 5) is 11.0. The van der Waals surface area contributed by atoms with Crippen molar-refractivity contribution in [2.45, 2.75) is 0 Å². The van der Waals surface area contributed by atoms with Crippen LogP contribution >= 0.6 is 0 Å². The summed E-state index contributed by atoms with van der Waals surface area (Å²) in [6.07, 6.45) is -0.584. The van der Waals surface area contributed by atoms with Gasteiger partial charge < -0.3 is 9.47 Å². The van der Waals surface area contributed by atoms with Crippen LogP contribution < -0.4 is 10.1 Å². The first kappa shape index (κ1) is 13.8. The van der Waals surface area contributed by atoms with Crippen molar-refractivity contribution in [2.24, 2.45) is 0 Å². The summed E-state index contributed by atoms with van der Waals surface area (Å²) in [5, 5.41) is 2.47. The lowest BCUT2D eigenvalue weighted by molar-refractivity contribution is 0.187. The van der Waals surface area contributed by atoms with E-state index in [2.05, 4.69) is 10.1 Å². The zero-order valence-electron chi connectivity index (χ0n) is 10.5. The molecule has 2 aromatic rings. The Kier molecular flexibility index (Phi) is 4.14. The second kappa shape index (κ2) is 6.01. The number of anilines is 1. The number of halogens is 2. The molecule has 0 radical (unpaired) electrons. The number of ether oxygens (including phenoxy) is 2. The highest BCUT2D eigenvalue weighted by Crippen LogP contribution is 2.24. The topological polar surface area (TPSA) is 47.6 Å². The number of carbonyl (C=O) groups is 1. The fourth-order valence-corrected chi connectivity index (χ4v) is 1.45. The Balaban J connectivity index is 2.06. The minimum absolute atomic E-state index is 0.178. The first-order chi connectivity index (χ1) is 9.58. The molecule has 2 aromatic carbocycles. The molecular weight excluding hydrogens is 268 g/mol. The fraction of sp³-hybridized carbons (Fsp3) is 0.0714. The van der Waals surface area contributed by atoms with E-state index in [1.54, 1.807) is 24.3 Å². The molecule has 0 unspecified atom stereocenters. The third kappa shape index (κ3) is 3.44. The Hall–Kier alpha value is -2.63. The van der Waals surface area contributed by atoms with Gasteiger partial charge in [-0.3, -0.25) is 5.32 Å². The molecular formula is C14H11F2NO3. The van der Waals surface area contributed by atoms with Gasteiger partial charge in [-0.1, -0.05) is 0 Å². The van der Waals surface area contributed by atoms with Crippen molar-refractivity contribution in [1.82, 2.24) is 0 Å². The van der Waals surface area contributed by atoms with E-state index >= 15 is 0 Å². The first-order valence-corrected chi connectivity index (χ1v) is 5.66. The van der Waals surface area contributed by atoms with Gasteiger partial charge in [-0.05, 0) is 36.4 Å². The average molecular weight is 279 g/mol. The predicted molar refractivity (Wildman–Crippen MR) is 68.9 cm³/mol. The van der Waals surface area contributed by atoms with Crippen LogP contribution in [0.2, 0.25) is 0 Å². The molecule has 0 fully saturated rings. The SMILES string of the molecule is COC(=O)Nc1ccc(Oc2ccc(F)c(F)c2)cc1. The number of amides is 1. The second-order valence-corrected chi connectivity index (χ2v) is 3.82. The van der Waals surface area contributed by atoms with Gasteiger partial charge in [0, 0.05) is 11.8 Å². The minimum Gasteiger partial charge on any atom is -0.457 e. The number of rotatable bonds is 3. The van der Waals surface area contributed by atoms with Crippen LogP contribution in [0.5, 0.6) is 11.5 Å². The molecule has 0 heterocycles. The molecule has 0 saturated carbocycles. The van der Waals surface area contributed by atoms with E-state index in [9.17, 15) is 13.6 Å². The quantitative estimate of drug-likeness (QED) is 0.925. The van der Waals surface area contributed by atoms with Gasteiger partial charge >= 0.3 is 6.09 Å². The lowest BCUT2D eigenvalue weighted by Crippen LogP contribution is -2.10. The third-order valence-electron chi connectivity index (χ3n) is 2.41. The molecule has 1 amide bonds. The summed E-state index contributed by atoms with van der Waals surface area (Å²) in [7, 11) is 1.26. The van der Waals surface area contributed by atoms with Gasteiger partial charge in [0.05, 0.1) is 7.11 Å². The Morgan fingerprint density at radius 2 is 1.65 bits per heavy atom. The number of benzene rings is 2. The van der Waals surface area contributed by atoms with Crippen molar-refractivity contribution >= 4 is 11.8 Å². The maximum atomic E-state index is 13.0. The maximum absolute atomic E-state index is 13.0. The van der Waals surface area contributed by atoms with E-state index in [0.29, 0.717) is 11.4 Å². The van der Waals surface area contributed by atoms with Gasteiger partial charge in [0.1, 0.15) is 11.5 Å². The molecule has 2 rings (SSSR count). The molecule has 0 aliphatic carbocycles. The Bertz CT molecular complexity index is 614. The summed E-state index contributed by atoms with van der Waals surface area (Å²) in [6.45, 7) is 0. The van der Waals surface area contributed by atoms with Gasteiger partial charge in [0.25, 0.3) is 0 Å². The van der Waals surface area contributed by atoms with Crippen LogP contribution in [0.15, 0.2) is 42.5 Å². The zero-order valence-corrected chi connectivity index (χ0v) is 10.5. The Labute approximate surface area is 113 Å². The van der Waals surface area contributed by atoms with Gasteiger partial charge in [0.2, 0.25) is 0 Å². The monoisotopic (exact) mass is 279 g/mol. The van der Waals surface area contributed by atoms with E-state index in [-0.39, 0.29) is 5.75 Å². The van der Waals surface area contributed by atoms with Crippen molar-refractivity contribution in [3.8, 4) is 11.5 Å². The summed E-state index contributed by atoms with van der Waals surface area (Å²) in [5.74, 6) is -1.31. The normalized spacial score (nSPS) is 9.95. The standard InChI is InChI=1S/C14H11F2NO3/c1-19-14(18)17-9-2-4-10(5-3-9)20-11-6-7-12(15)13(16)8-11/h2-8H,1H3,(H,17,18). The molecule has 1 N–H and O–H groups in total. The number of hydrogen-bond acceptors (Lipinski definition) is 3. The molecule has 0 spiro atoms. The van der Waals surface area contributed by atoms with Crippen molar-refractivity contribution in [3.05, 3.63) is 54.1 Å². The first-order valence-electron chi connectivity index (χ1n) is 5.66. The van der Waals surface area contributed by atoms with E-state index in [4.69, 9.17) is 4.74 Å². The lowest BCUT2D eigenvalue weighted by atomic mass is 10.3. The maximum Gasteiger partial charge on any atom is 0.411 e. The number of methoxy groups -OCH3 is 1. The van der Waals surface area contributed by atoms with E-state index in [0.717, 1.165) is 12.1 Å². The van der Waals surface area contributed by atoms with Crippen LogP contribution in [-0.2, 0) is 4.74 Å². The summed E-state index contributed by atoms with van der Waals surface area (Å²) >= 11 is 0. The minimum atomic E-state index is -0.980. The summed E-state index contributed by atoms with van der Waals surface area (Å²) in [6, 6.07) is 9.59. The van der Waals surface area contributed by atoms with Gasteiger partial charge in [-0.25, -0.2) is 13.6 Å². The predicted octanol–water partition coefficient (Wildman–Crippen LogP) is 3.94. The highest BCUT2D eigenvalue weighted by atomic mass is 19.2. The van der Waals surface area contributed by atoms with Gasteiger partial charge in [0.15, 0.2) is 11.6 Å². The Morgan fingerprint density at radius 1 is 1.00 bits per heavy atom. The molecule has 0 atom stereocenters. The van der Waals surface area contributed by atoms with Crippen LogP contribution in [0.25, 0.3) is 0 Å². The highest BCUT2D eigenvalue weighted by Gasteiger charge is 2.05. The Morgan fingerprint density at radius 3 is 2.25 bits per heavy atom. The molecule has 0 saturated heterocycles. The van der Waals surface area contributed by atoms with Crippen molar-refractivity contribution < 1.29 is 23.0 Å². The average Bonchev–Trinajstić information content (AvgIpc) is 2.45. The molecule has 4 nitrogen and oxygen atoms in total. The van der Waals surface area contributed by atoms with Crippen molar-refractivity contribution in [1.29, 1.82) is 0 Å².